The van der Waals surface area contributed by atoms with Crippen LogP contribution >= 0.6 is 35.6 Å². The Morgan fingerprint density at radius 3 is 2.79 bits per heavy atom. The van der Waals surface area contributed by atoms with Gasteiger partial charge in [-0.15, -0.1) is 24.0 Å². The molecule has 1 heterocycles. The van der Waals surface area contributed by atoms with Crippen molar-refractivity contribution in [3.63, 3.8) is 0 Å². The number of piperazine rings is 1. The van der Waals surface area contributed by atoms with Gasteiger partial charge in [-0.05, 0) is 31.8 Å². The summed E-state index contributed by atoms with van der Waals surface area (Å²) in [5, 5.41) is 4.27. The first-order chi connectivity index (χ1) is 11.0. The molecule has 2 rings (SSSR count). The fourth-order valence-electron chi connectivity index (χ4n) is 2.90. The number of hydrogen-bond acceptors (Lipinski definition) is 3. The summed E-state index contributed by atoms with van der Waals surface area (Å²) in [5.41, 5.74) is 1.18. The number of benzene rings is 1. The maximum absolute atomic E-state index is 6.06. The Balaban J connectivity index is 0.00000288. The van der Waals surface area contributed by atoms with Crippen LogP contribution in [0.1, 0.15) is 5.56 Å². The van der Waals surface area contributed by atoms with Gasteiger partial charge in [-0.2, -0.15) is 0 Å². The quantitative estimate of drug-likeness (QED) is 0.420. The Bertz CT molecular complexity index is 539. The second-order valence-corrected chi connectivity index (χ2v) is 6.75. The van der Waals surface area contributed by atoms with Crippen molar-refractivity contribution in [2.75, 3.05) is 54.4 Å². The molecule has 1 unspecified atom stereocenters. The van der Waals surface area contributed by atoms with Crippen LogP contribution < -0.4 is 5.32 Å². The number of nitrogens with zero attached hydrogens (tertiary/aromatic N) is 4. The largest absolute Gasteiger partial charge is 0.355 e. The number of nitrogens with one attached hydrogen (secondary N) is 1. The first-order valence-corrected chi connectivity index (χ1v) is 8.42. The number of guanidine groups is 1. The SMILES string of the molecule is CN=C(NCC1CN(C)CCN1C)N(C)Cc1cccc(Cl)c1.I. The van der Waals surface area contributed by atoms with E-state index in [2.05, 4.69) is 45.2 Å². The third kappa shape index (κ3) is 6.38. The average molecular weight is 466 g/mol. The second kappa shape index (κ2) is 10.4. The van der Waals surface area contributed by atoms with Crippen molar-refractivity contribution in [2.45, 2.75) is 12.6 Å². The van der Waals surface area contributed by atoms with Gasteiger partial charge in [0.1, 0.15) is 0 Å². The smallest absolute Gasteiger partial charge is 0.193 e. The van der Waals surface area contributed by atoms with E-state index in [4.69, 9.17) is 11.6 Å². The Morgan fingerprint density at radius 2 is 2.12 bits per heavy atom. The predicted octanol–water partition coefficient (Wildman–Crippen LogP) is 2.21. The lowest BCUT2D eigenvalue weighted by molar-refractivity contribution is 0.116. The van der Waals surface area contributed by atoms with E-state index in [1.807, 2.05) is 32.3 Å². The molecule has 0 radical (unpaired) electrons. The number of rotatable bonds is 4. The van der Waals surface area contributed by atoms with Crippen molar-refractivity contribution >= 4 is 41.5 Å². The molecule has 1 aliphatic heterocycles. The van der Waals surface area contributed by atoms with Gasteiger partial charge < -0.3 is 15.1 Å². The highest BCUT2D eigenvalue weighted by Crippen LogP contribution is 2.12. The number of halogens is 2. The van der Waals surface area contributed by atoms with Gasteiger partial charge in [0.05, 0.1) is 0 Å². The van der Waals surface area contributed by atoms with Crippen molar-refractivity contribution in [3.8, 4) is 0 Å². The molecule has 136 valence electrons. The summed E-state index contributed by atoms with van der Waals surface area (Å²) >= 11 is 6.06. The minimum absolute atomic E-state index is 0. The van der Waals surface area contributed by atoms with Gasteiger partial charge in [-0.1, -0.05) is 23.7 Å². The van der Waals surface area contributed by atoms with Crippen LogP contribution in [-0.2, 0) is 6.54 Å². The van der Waals surface area contributed by atoms with Crippen LogP contribution in [0.4, 0.5) is 0 Å². The van der Waals surface area contributed by atoms with Gasteiger partial charge in [0.25, 0.3) is 0 Å². The molecule has 0 spiro atoms. The highest BCUT2D eigenvalue weighted by Gasteiger charge is 2.22. The summed E-state index contributed by atoms with van der Waals surface area (Å²) in [6, 6.07) is 8.46. The number of aliphatic imine (C=N–C) groups is 1. The maximum Gasteiger partial charge on any atom is 0.193 e. The highest BCUT2D eigenvalue weighted by molar-refractivity contribution is 14.0. The van der Waals surface area contributed by atoms with E-state index in [0.29, 0.717) is 6.04 Å². The Hall–Kier alpha value is -0.570. The number of likely N-dealkylation sites (N-methyl/N-ethyl adjacent to an activating group) is 2. The van der Waals surface area contributed by atoms with E-state index in [1.54, 1.807) is 0 Å². The molecule has 0 saturated carbocycles. The zero-order valence-corrected chi connectivity index (χ0v) is 18.1. The van der Waals surface area contributed by atoms with E-state index in [-0.39, 0.29) is 24.0 Å². The molecule has 0 amide bonds. The van der Waals surface area contributed by atoms with Crippen molar-refractivity contribution in [3.05, 3.63) is 34.9 Å². The molecule has 1 aromatic rings. The van der Waals surface area contributed by atoms with Crippen LogP contribution in [0.3, 0.4) is 0 Å². The van der Waals surface area contributed by atoms with Gasteiger partial charge >= 0.3 is 0 Å². The van der Waals surface area contributed by atoms with Crippen LogP contribution in [0, 0.1) is 0 Å². The fourth-order valence-corrected chi connectivity index (χ4v) is 3.11. The number of hydrogen-bond donors (Lipinski definition) is 1. The molecule has 1 fully saturated rings. The van der Waals surface area contributed by atoms with Gasteiger partial charge in [0.15, 0.2) is 5.96 Å². The van der Waals surface area contributed by atoms with Crippen molar-refractivity contribution in [1.29, 1.82) is 0 Å². The summed E-state index contributed by atoms with van der Waals surface area (Å²) < 4.78 is 0. The summed E-state index contributed by atoms with van der Waals surface area (Å²) in [5.74, 6) is 0.909. The molecule has 24 heavy (non-hydrogen) atoms. The molecule has 0 bridgehead atoms. The molecule has 1 saturated heterocycles. The zero-order chi connectivity index (χ0) is 16.8. The molecule has 7 heteroatoms. The highest BCUT2D eigenvalue weighted by atomic mass is 127. The molecule has 1 atom stereocenters. The van der Waals surface area contributed by atoms with E-state index >= 15 is 0 Å². The van der Waals surface area contributed by atoms with Crippen molar-refractivity contribution < 1.29 is 0 Å². The van der Waals surface area contributed by atoms with Crippen LogP contribution in [0.5, 0.6) is 0 Å². The van der Waals surface area contributed by atoms with Gasteiger partial charge in [-0.3, -0.25) is 9.89 Å². The van der Waals surface area contributed by atoms with Crippen LogP contribution in [0.15, 0.2) is 29.3 Å². The first kappa shape index (κ1) is 21.5. The van der Waals surface area contributed by atoms with Crippen molar-refractivity contribution in [2.24, 2.45) is 4.99 Å². The van der Waals surface area contributed by atoms with Crippen LogP contribution in [0.25, 0.3) is 0 Å². The lowest BCUT2D eigenvalue weighted by Crippen LogP contribution is -2.55. The Morgan fingerprint density at radius 1 is 1.38 bits per heavy atom. The predicted molar refractivity (Wildman–Crippen MR) is 114 cm³/mol. The van der Waals surface area contributed by atoms with Crippen molar-refractivity contribution in [1.82, 2.24) is 20.0 Å². The molecule has 1 aromatic carbocycles. The minimum Gasteiger partial charge on any atom is -0.355 e. The summed E-state index contributed by atoms with van der Waals surface area (Å²) in [6.07, 6.45) is 0. The van der Waals surface area contributed by atoms with Gasteiger partial charge in [0, 0.05) is 57.9 Å². The second-order valence-electron chi connectivity index (χ2n) is 6.31. The first-order valence-electron chi connectivity index (χ1n) is 8.04. The summed E-state index contributed by atoms with van der Waals surface area (Å²) in [6.45, 7) is 5.00. The van der Waals surface area contributed by atoms with Crippen LogP contribution in [-0.4, -0.2) is 81.1 Å². The summed E-state index contributed by atoms with van der Waals surface area (Å²) in [4.78, 5) is 11.3. The third-order valence-corrected chi connectivity index (χ3v) is 4.59. The van der Waals surface area contributed by atoms with E-state index < -0.39 is 0 Å². The minimum atomic E-state index is 0. The lowest BCUT2D eigenvalue weighted by atomic mass is 10.2. The summed E-state index contributed by atoms with van der Waals surface area (Å²) in [7, 11) is 8.25. The molecular formula is C17H29ClIN5. The molecule has 0 aromatic heterocycles. The molecule has 1 aliphatic rings. The lowest BCUT2D eigenvalue weighted by Gasteiger charge is -2.38. The molecule has 0 aliphatic carbocycles. The molecular weight excluding hydrogens is 437 g/mol. The Labute approximate surface area is 168 Å². The third-order valence-electron chi connectivity index (χ3n) is 4.36. The average Bonchev–Trinajstić information content (AvgIpc) is 2.51. The van der Waals surface area contributed by atoms with E-state index in [0.717, 1.165) is 43.7 Å². The standard InChI is InChI=1S/C17H28ClN5.HI/c1-19-17(20-11-16-13-21(2)8-9-22(16)3)23(4)12-14-6-5-7-15(18)10-14;/h5-7,10,16H,8-9,11-13H2,1-4H3,(H,19,20);1H. The normalized spacial score (nSPS) is 19.7. The van der Waals surface area contributed by atoms with E-state index in [9.17, 15) is 0 Å². The van der Waals surface area contributed by atoms with Gasteiger partial charge in [0.2, 0.25) is 0 Å². The van der Waals surface area contributed by atoms with E-state index in [1.165, 1.54) is 5.56 Å². The molecule has 1 N–H and O–H groups in total. The Kier molecular flexibility index (Phi) is 9.33. The monoisotopic (exact) mass is 465 g/mol. The fraction of sp³-hybridized carbons (Fsp3) is 0.588. The van der Waals surface area contributed by atoms with Crippen LogP contribution in [0.2, 0.25) is 5.02 Å². The molecule has 5 nitrogen and oxygen atoms in total. The van der Waals surface area contributed by atoms with Gasteiger partial charge in [-0.25, -0.2) is 0 Å². The maximum atomic E-state index is 6.06. The topological polar surface area (TPSA) is 34.1 Å². The zero-order valence-electron chi connectivity index (χ0n) is 15.0.